The molecule has 1 fully saturated rings. The van der Waals surface area contributed by atoms with Crippen molar-refractivity contribution < 1.29 is 37.7 Å². The number of carbonyl (C=O) groups excluding carboxylic acids is 2. The molecule has 3 amide bonds. The maximum absolute atomic E-state index is 13.5. The van der Waals surface area contributed by atoms with Crippen LogP contribution in [0.3, 0.4) is 0 Å². The summed E-state index contributed by atoms with van der Waals surface area (Å²) in [5.41, 5.74) is 0.883. The molecule has 2 aromatic heterocycles. The zero-order chi connectivity index (χ0) is 27.6. The molecule has 4 N–H and O–H groups in total. The van der Waals surface area contributed by atoms with Crippen molar-refractivity contribution in [1.29, 1.82) is 0 Å². The minimum atomic E-state index is -4.64. The van der Waals surface area contributed by atoms with Crippen molar-refractivity contribution in [2.24, 2.45) is 0 Å². The van der Waals surface area contributed by atoms with Gasteiger partial charge in [-0.15, -0.1) is 0 Å². The molecule has 206 valence electrons. The Morgan fingerprint density at radius 2 is 2.08 bits per heavy atom. The van der Waals surface area contributed by atoms with Crippen LogP contribution in [0.5, 0.6) is 5.75 Å². The van der Waals surface area contributed by atoms with E-state index in [0.29, 0.717) is 36.6 Å². The minimum absolute atomic E-state index is 0.120. The molecule has 4 rings (SSSR count). The smallest absolute Gasteiger partial charge is 0.408 e. The molecule has 0 saturated carbocycles. The number of aryl methyl sites for hydroxylation is 1. The molecular weight excluding hydrogens is 511 g/mol. The van der Waals surface area contributed by atoms with Crippen LogP contribution in [0.4, 0.5) is 35.3 Å². The molecule has 12 nitrogen and oxygen atoms in total. The number of pyridine rings is 1. The van der Waals surface area contributed by atoms with Crippen molar-refractivity contribution >= 4 is 29.3 Å². The quantitative estimate of drug-likeness (QED) is 0.411. The summed E-state index contributed by atoms with van der Waals surface area (Å²) in [6.07, 6.45) is -2.90. The van der Waals surface area contributed by atoms with Gasteiger partial charge < -0.3 is 25.2 Å². The predicted octanol–water partition coefficient (Wildman–Crippen LogP) is 1.61. The largest absolute Gasteiger partial charge is 0.491 e. The van der Waals surface area contributed by atoms with Crippen LogP contribution < -0.4 is 25.2 Å². The number of carbonyl (C=O) groups is 2. The number of nitrogens with zero attached hydrogens (tertiary/aromatic N) is 5. The molecule has 38 heavy (non-hydrogen) atoms. The number of nitrogens with one attached hydrogen (secondary N) is 2. The molecule has 15 heteroatoms. The lowest BCUT2D eigenvalue weighted by Crippen LogP contribution is -2.56. The van der Waals surface area contributed by atoms with E-state index in [-0.39, 0.29) is 24.3 Å². The molecule has 3 atom stereocenters. The van der Waals surface area contributed by atoms with E-state index in [1.165, 1.54) is 23.2 Å². The van der Waals surface area contributed by atoms with Crippen molar-refractivity contribution in [1.82, 2.24) is 20.3 Å². The number of hydrogen-bond acceptors (Lipinski definition) is 9. The van der Waals surface area contributed by atoms with Crippen molar-refractivity contribution in [2.45, 2.75) is 51.1 Å². The first-order valence-electron chi connectivity index (χ1n) is 12.0. The van der Waals surface area contributed by atoms with Crippen LogP contribution in [-0.2, 0) is 0 Å². The van der Waals surface area contributed by atoms with Crippen molar-refractivity contribution in [2.75, 3.05) is 41.4 Å². The fourth-order valence-electron chi connectivity index (χ4n) is 4.32. The highest BCUT2D eigenvalue weighted by Gasteiger charge is 2.41. The van der Waals surface area contributed by atoms with E-state index in [1.807, 2.05) is 10.2 Å². The fraction of sp³-hybridized carbons (Fsp3) is 0.522. The number of urea groups is 1. The van der Waals surface area contributed by atoms with Crippen LogP contribution in [0.25, 0.3) is 0 Å². The third-order valence-corrected chi connectivity index (χ3v) is 6.23. The summed E-state index contributed by atoms with van der Waals surface area (Å²) in [5.74, 6) is -1.04. The molecule has 3 unspecified atom stereocenters. The Morgan fingerprint density at radius 3 is 2.79 bits per heavy atom. The second-order valence-electron chi connectivity index (χ2n) is 9.11. The van der Waals surface area contributed by atoms with E-state index >= 15 is 0 Å². The lowest BCUT2D eigenvalue weighted by molar-refractivity contribution is -0.149. The second-order valence-corrected chi connectivity index (χ2v) is 9.11. The molecule has 0 radical (unpaired) electrons. The van der Waals surface area contributed by atoms with Crippen molar-refractivity contribution in [3.8, 4) is 5.75 Å². The molecule has 4 heterocycles. The summed E-state index contributed by atoms with van der Waals surface area (Å²) in [5, 5.41) is 23.0. The molecule has 2 aliphatic rings. The fourth-order valence-corrected chi connectivity index (χ4v) is 4.32. The normalized spacial score (nSPS) is 18.3. The lowest BCUT2D eigenvalue weighted by Gasteiger charge is -2.46. The number of rotatable bonds is 7. The van der Waals surface area contributed by atoms with Gasteiger partial charge >= 0.3 is 12.2 Å². The van der Waals surface area contributed by atoms with Gasteiger partial charge in [-0.05, 0) is 32.8 Å². The number of halogens is 3. The van der Waals surface area contributed by atoms with Crippen LogP contribution in [0, 0.1) is 6.92 Å². The predicted molar refractivity (Wildman–Crippen MR) is 129 cm³/mol. The minimum Gasteiger partial charge on any atom is -0.491 e. The highest BCUT2D eigenvalue weighted by Crippen LogP contribution is 2.40. The average molecular weight is 540 g/mol. The van der Waals surface area contributed by atoms with Crippen LogP contribution in [-0.4, -0.2) is 87.8 Å². The number of piperidine rings is 1. The zero-order valence-corrected chi connectivity index (χ0v) is 20.7. The van der Waals surface area contributed by atoms with E-state index in [4.69, 9.17) is 9.84 Å². The highest BCUT2D eigenvalue weighted by atomic mass is 19.4. The summed E-state index contributed by atoms with van der Waals surface area (Å²) in [6, 6.07) is -0.0849. The Labute approximate surface area is 215 Å². The number of amides is 3. The Hall–Kier alpha value is -3.72. The second kappa shape index (κ2) is 10.9. The Morgan fingerprint density at radius 1 is 1.32 bits per heavy atom. The van der Waals surface area contributed by atoms with Gasteiger partial charge in [-0.1, -0.05) is 0 Å². The molecule has 2 aromatic rings. The monoisotopic (exact) mass is 539 g/mol. The summed E-state index contributed by atoms with van der Waals surface area (Å²) in [7, 11) is 0. The summed E-state index contributed by atoms with van der Waals surface area (Å²) < 4.78 is 44.3. The number of aliphatic hydroxyl groups excluding tert-OH is 2. The van der Waals surface area contributed by atoms with Gasteiger partial charge in [0.15, 0.2) is 5.82 Å². The van der Waals surface area contributed by atoms with E-state index in [2.05, 4.69) is 20.3 Å². The van der Waals surface area contributed by atoms with Crippen LogP contribution in [0.2, 0.25) is 0 Å². The number of aromatic nitrogens is 3. The van der Waals surface area contributed by atoms with E-state index < -0.39 is 42.7 Å². The third kappa shape index (κ3) is 5.88. The van der Waals surface area contributed by atoms with Crippen LogP contribution in [0.1, 0.15) is 36.1 Å². The maximum atomic E-state index is 13.5. The number of ether oxygens (including phenoxy) is 1. The van der Waals surface area contributed by atoms with Gasteiger partial charge in [0.05, 0.1) is 18.3 Å². The first kappa shape index (κ1) is 27.3. The van der Waals surface area contributed by atoms with E-state index in [9.17, 15) is 27.9 Å². The number of fused-ring (bicyclic) bond motifs is 4. The van der Waals surface area contributed by atoms with Gasteiger partial charge in [0, 0.05) is 25.4 Å². The van der Waals surface area contributed by atoms with Gasteiger partial charge in [-0.3, -0.25) is 15.0 Å². The molecule has 2 bridgehead atoms. The molecule has 2 aliphatic heterocycles. The van der Waals surface area contributed by atoms with Gasteiger partial charge in [0.1, 0.15) is 36.0 Å². The van der Waals surface area contributed by atoms with Gasteiger partial charge in [0.25, 0.3) is 5.91 Å². The van der Waals surface area contributed by atoms with Crippen molar-refractivity contribution in [3.05, 3.63) is 29.8 Å². The molecular formula is C23H28F3N7O5. The van der Waals surface area contributed by atoms with Gasteiger partial charge in [0.2, 0.25) is 5.82 Å². The third-order valence-electron chi connectivity index (χ3n) is 6.23. The number of anilines is 3. The topological polar surface area (TPSA) is 153 Å². The Kier molecular flexibility index (Phi) is 7.87. The first-order valence-corrected chi connectivity index (χ1v) is 12.0. The molecule has 0 aliphatic carbocycles. The summed E-state index contributed by atoms with van der Waals surface area (Å²) in [6.45, 7) is 2.96. The van der Waals surface area contributed by atoms with E-state index in [0.717, 1.165) is 13.3 Å². The summed E-state index contributed by atoms with van der Waals surface area (Å²) >= 11 is 0. The van der Waals surface area contributed by atoms with Gasteiger partial charge in [-0.25, -0.2) is 19.7 Å². The number of hydrogen-bond donors (Lipinski definition) is 4. The van der Waals surface area contributed by atoms with Crippen LogP contribution in [0.15, 0.2) is 18.3 Å². The zero-order valence-electron chi connectivity index (χ0n) is 20.7. The number of alkyl halides is 3. The average Bonchev–Trinajstić information content (AvgIpc) is 2.86. The first-order chi connectivity index (χ1) is 18.0. The van der Waals surface area contributed by atoms with E-state index in [1.54, 1.807) is 6.92 Å². The highest BCUT2D eigenvalue weighted by molar-refractivity contribution is 6.04. The Balaban J connectivity index is 1.62. The SMILES string of the molecule is Cc1nc(C(=O)NC(C)C(F)(F)F)nc2c1N1CCCC(C1)N2C(=O)Nc1cc(OCC(O)CO)ccn1. The molecule has 0 aromatic carbocycles. The molecule has 1 saturated heterocycles. The number of aliphatic hydroxyl groups is 2. The standard InChI is InChI=1S/C23H28F3N7O5/c1-12-18-20(31-19(28-12)21(36)29-13(2)23(24,25)26)33(14-4-3-7-32(18)9-14)22(37)30-17-8-16(5-6-27-17)38-11-15(35)10-34/h5-6,8,13-15,34-35H,3-4,7,9-11H2,1-2H3,(H,29,36)(H,27,30,37). The Bertz CT molecular complexity index is 1200. The van der Waals surface area contributed by atoms with Gasteiger partial charge in [-0.2, -0.15) is 13.2 Å². The van der Waals surface area contributed by atoms with Crippen molar-refractivity contribution in [3.63, 3.8) is 0 Å². The molecule has 0 spiro atoms. The maximum Gasteiger partial charge on any atom is 0.408 e. The van der Waals surface area contributed by atoms with Crippen LogP contribution >= 0.6 is 0 Å². The summed E-state index contributed by atoms with van der Waals surface area (Å²) in [4.78, 5) is 42.0. The lowest BCUT2D eigenvalue weighted by atomic mass is 9.99.